The van der Waals surface area contributed by atoms with Crippen molar-refractivity contribution in [1.29, 1.82) is 0 Å². The number of nitrogens with zero attached hydrogens (tertiary/aromatic N) is 2. The van der Waals surface area contributed by atoms with Crippen LogP contribution in [0.5, 0.6) is 0 Å². The normalized spacial score (nSPS) is 11.7. The third-order valence-electron chi connectivity index (χ3n) is 2.97. The number of hydrogen-bond donors (Lipinski definition) is 1. The molecule has 1 aromatic carbocycles. The molecule has 0 spiro atoms. The lowest BCUT2D eigenvalue weighted by molar-refractivity contribution is 0.590. The van der Waals surface area contributed by atoms with Crippen LogP contribution >= 0.6 is 11.3 Å². The van der Waals surface area contributed by atoms with Gasteiger partial charge in [0, 0.05) is 18.3 Å². The van der Waals surface area contributed by atoms with E-state index >= 15 is 0 Å². The number of nitrogens with two attached hydrogens (primary N) is 1. The summed E-state index contributed by atoms with van der Waals surface area (Å²) in [6.07, 6.45) is 1.48. The summed E-state index contributed by atoms with van der Waals surface area (Å²) in [7, 11) is -3.65. The van der Waals surface area contributed by atoms with Crippen molar-refractivity contribution in [2.24, 2.45) is 5.73 Å². The topological polar surface area (TPSA) is 78.0 Å². The van der Waals surface area contributed by atoms with Gasteiger partial charge in [-0.2, -0.15) is 8.42 Å². The average Bonchev–Trinajstić information content (AvgIpc) is 3.18. The van der Waals surface area contributed by atoms with Crippen LogP contribution in [0.2, 0.25) is 0 Å². The van der Waals surface area contributed by atoms with E-state index in [1.807, 2.05) is 30.3 Å². The largest absolute Gasteiger partial charge is 0.325 e. The molecule has 0 bridgehead atoms. The first-order valence-electron chi connectivity index (χ1n) is 6.26. The van der Waals surface area contributed by atoms with Gasteiger partial charge in [-0.1, -0.05) is 36.4 Å². The Morgan fingerprint density at radius 2 is 1.90 bits per heavy atom. The molecule has 21 heavy (non-hydrogen) atoms. The van der Waals surface area contributed by atoms with Crippen LogP contribution in [0, 0.1) is 0 Å². The summed E-state index contributed by atoms with van der Waals surface area (Å²) in [4.78, 5) is 4.34. The van der Waals surface area contributed by atoms with Gasteiger partial charge in [-0.15, -0.1) is 11.3 Å². The molecule has 0 radical (unpaired) electrons. The molecule has 0 aliphatic carbocycles. The molecule has 0 saturated carbocycles. The van der Waals surface area contributed by atoms with Gasteiger partial charge in [-0.3, -0.25) is 0 Å². The predicted molar refractivity (Wildman–Crippen MR) is 82.5 cm³/mol. The highest BCUT2D eigenvalue weighted by atomic mass is 32.2. The van der Waals surface area contributed by atoms with Gasteiger partial charge < -0.3 is 5.73 Å². The first-order chi connectivity index (χ1) is 10.1. The Labute approximate surface area is 126 Å². The minimum atomic E-state index is -3.65. The smallest absolute Gasteiger partial charge is 0.278 e. The van der Waals surface area contributed by atoms with Crippen LogP contribution in [0.3, 0.4) is 0 Å². The maximum Gasteiger partial charge on any atom is 0.278 e. The first-order valence-corrected chi connectivity index (χ1v) is 8.58. The second-order valence-corrected chi connectivity index (χ2v) is 7.35. The highest BCUT2D eigenvalue weighted by Crippen LogP contribution is 2.26. The van der Waals surface area contributed by atoms with Crippen molar-refractivity contribution in [3.05, 3.63) is 59.7 Å². The Morgan fingerprint density at radius 3 is 2.52 bits per heavy atom. The third-order valence-corrected chi connectivity index (χ3v) is 6.00. The van der Waals surface area contributed by atoms with Gasteiger partial charge in [0.2, 0.25) is 0 Å². The molecule has 5 nitrogen and oxygen atoms in total. The first kappa shape index (κ1) is 14.0. The second-order valence-electron chi connectivity index (χ2n) is 4.36. The van der Waals surface area contributed by atoms with Gasteiger partial charge >= 0.3 is 0 Å². The van der Waals surface area contributed by atoms with E-state index in [0.717, 1.165) is 5.56 Å². The molecule has 108 valence electrons. The lowest BCUT2D eigenvalue weighted by Gasteiger charge is -2.07. The van der Waals surface area contributed by atoms with E-state index in [0.29, 0.717) is 11.5 Å². The Kier molecular flexibility index (Phi) is 3.62. The van der Waals surface area contributed by atoms with Crippen molar-refractivity contribution >= 4 is 21.4 Å². The van der Waals surface area contributed by atoms with Crippen molar-refractivity contribution in [2.75, 3.05) is 0 Å². The third kappa shape index (κ3) is 2.51. The van der Waals surface area contributed by atoms with Crippen LogP contribution in [0.4, 0.5) is 0 Å². The van der Waals surface area contributed by atoms with Gasteiger partial charge in [-0.25, -0.2) is 8.96 Å². The number of imidazole rings is 1. The minimum Gasteiger partial charge on any atom is -0.325 e. The molecule has 3 aromatic rings. The summed E-state index contributed by atoms with van der Waals surface area (Å²) in [5, 5.41) is 1.73. The monoisotopic (exact) mass is 319 g/mol. The number of aromatic nitrogens is 2. The van der Waals surface area contributed by atoms with Crippen molar-refractivity contribution < 1.29 is 8.42 Å². The molecule has 3 rings (SSSR count). The van der Waals surface area contributed by atoms with Crippen LogP contribution in [0.15, 0.2) is 58.3 Å². The van der Waals surface area contributed by atoms with Crippen LogP contribution in [0.25, 0.3) is 11.4 Å². The maximum atomic E-state index is 12.7. The van der Waals surface area contributed by atoms with Crippen molar-refractivity contribution in [1.82, 2.24) is 8.96 Å². The zero-order chi connectivity index (χ0) is 14.9. The molecule has 2 heterocycles. The fraction of sp³-hybridized carbons (Fsp3) is 0.0714. The predicted octanol–water partition coefficient (Wildman–Crippen LogP) is 2.31. The molecule has 0 amide bonds. The summed E-state index contributed by atoms with van der Waals surface area (Å²) in [6, 6.07) is 12.5. The number of rotatable bonds is 4. The van der Waals surface area contributed by atoms with E-state index in [9.17, 15) is 8.42 Å². The summed E-state index contributed by atoms with van der Waals surface area (Å²) in [6.45, 7) is 0.187. The van der Waals surface area contributed by atoms with Gasteiger partial charge in [-0.05, 0) is 11.4 Å². The molecule has 0 aliphatic heterocycles. The van der Waals surface area contributed by atoms with E-state index in [1.165, 1.54) is 21.5 Å². The van der Waals surface area contributed by atoms with Crippen molar-refractivity contribution in [3.8, 4) is 11.4 Å². The summed E-state index contributed by atoms with van der Waals surface area (Å²) in [5.74, 6) is 0.379. The van der Waals surface area contributed by atoms with E-state index in [1.54, 1.807) is 17.5 Å². The Bertz CT molecular complexity index is 838. The fourth-order valence-electron chi connectivity index (χ4n) is 1.98. The van der Waals surface area contributed by atoms with Crippen molar-refractivity contribution in [2.45, 2.75) is 10.8 Å². The molecule has 0 aliphatic rings. The fourth-order valence-corrected chi connectivity index (χ4v) is 4.40. The second kappa shape index (κ2) is 5.44. The molecular formula is C14H13N3O2S2. The standard InChI is InChI=1S/C14H13N3O2S2/c15-9-12-10-17(21(18,19)13-7-4-8-20-13)14(16-12)11-5-2-1-3-6-11/h1-8,10H,9,15H2. The number of hydrogen-bond acceptors (Lipinski definition) is 5. The Hall–Kier alpha value is -1.96. The van der Waals surface area contributed by atoms with Crippen LogP contribution in [0.1, 0.15) is 5.69 Å². The quantitative estimate of drug-likeness (QED) is 0.800. The highest BCUT2D eigenvalue weighted by Gasteiger charge is 2.23. The summed E-state index contributed by atoms with van der Waals surface area (Å²) < 4.78 is 26.9. The summed E-state index contributed by atoms with van der Waals surface area (Å²) in [5.41, 5.74) is 6.87. The van der Waals surface area contributed by atoms with Crippen molar-refractivity contribution in [3.63, 3.8) is 0 Å². The maximum absolute atomic E-state index is 12.7. The lowest BCUT2D eigenvalue weighted by Crippen LogP contribution is -2.12. The number of benzene rings is 1. The number of thiophene rings is 1. The zero-order valence-electron chi connectivity index (χ0n) is 11.0. The molecule has 2 aromatic heterocycles. The average molecular weight is 319 g/mol. The van der Waals surface area contributed by atoms with Gasteiger partial charge in [0.15, 0.2) is 5.82 Å². The molecule has 0 fully saturated rings. The minimum absolute atomic E-state index is 0.187. The highest BCUT2D eigenvalue weighted by molar-refractivity contribution is 7.92. The molecule has 0 saturated heterocycles. The Morgan fingerprint density at radius 1 is 1.14 bits per heavy atom. The SMILES string of the molecule is NCc1cn(S(=O)(=O)c2cccs2)c(-c2ccccc2)n1. The zero-order valence-corrected chi connectivity index (χ0v) is 12.6. The van der Waals surface area contributed by atoms with Gasteiger partial charge in [0.05, 0.1) is 5.69 Å². The van der Waals surface area contributed by atoms with Crippen LogP contribution in [-0.4, -0.2) is 17.4 Å². The summed E-state index contributed by atoms with van der Waals surface area (Å²) >= 11 is 1.18. The molecule has 7 heteroatoms. The van der Waals surface area contributed by atoms with E-state index in [2.05, 4.69) is 4.98 Å². The van der Waals surface area contributed by atoms with E-state index < -0.39 is 10.0 Å². The molecule has 0 atom stereocenters. The molecule has 0 unspecified atom stereocenters. The molecular weight excluding hydrogens is 306 g/mol. The lowest BCUT2D eigenvalue weighted by atomic mass is 10.2. The Balaban J connectivity index is 2.22. The van der Waals surface area contributed by atoms with E-state index in [-0.39, 0.29) is 10.8 Å². The molecule has 2 N–H and O–H groups in total. The van der Waals surface area contributed by atoms with Crippen LogP contribution < -0.4 is 5.73 Å². The van der Waals surface area contributed by atoms with E-state index in [4.69, 9.17) is 5.73 Å². The van der Waals surface area contributed by atoms with Gasteiger partial charge in [0.1, 0.15) is 4.21 Å². The van der Waals surface area contributed by atoms with Crippen LogP contribution in [-0.2, 0) is 16.6 Å². The van der Waals surface area contributed by atoms with Gasteiger partial charge in [0.25, 0.3) is 10.0 Å².